The van der Waals surface area contributed by atoms with Crippen molar-refractivity contribution in [2.24, 2.45) is 11.8 Å². The molecular weight excluding hydrogens is 222 g/mol. The molecular formula is C15H27N3. The zero-order valence-electron chi connectivity index (χ0n) is 11.8. The third-order valence-electron chi connectivity index (χ3n) is 4.52. The van der Waals surface area contributed by atoms with Gasteiger partial charge in [0.2, 0.25) is 0 Å². The molecule has 0 aliphatic heterocycles. The summed E-state index contributed by atoms with van der Waals surface area (Å²) >= 11 is 0. The van der Waals surface area contributed by atoms with Crippen LogP contribution in [0.4, 0.5) is 0 Å². The molecule has 102 valence electrons. The van der Waals surface area contributed by atoms with Crippen LogP contribution in [0.3, 0.4) is 0 Å². The summed E-state index contributed by atoms with van der Waals surface area (Å²) in [5, 5.41) is 3.76. The van der Waals surface area contributed by atoms with E-state index in [0.29, 0.717) is 0 Å². The van der Waals surface area contributed by atoms with Crippen molar-refractivity contribution in [1.82, 2.24) is 14.9 Å². The van der Waals surface area contributed by atoms with E-state index in [2.05, 4.69) is 28.7 Å². The molecule has 2 rings (SSSR count). The highest BCUT2D eigenvalue weighted by Gasteiger charge is 2.26. The number of imidazole rings is 1. The van der Waals surface area contributed by atoms with Gasteiger partial charge in [-0.25, -0.2) is 4.98 Å². The molecule has 1 saturated carbocycles. The highest BCUT2D eigenvalue weighted by molar-refractivity contribution is 4.82. The number of hydrogen-bond donors (Lipinski definition) is 1. The van der Waals surface area contributed by atoms with Crippen molar-refractivity contribution in [3.63, 3.8) is 0 Å². The van der Waals surface area contributed by atoms with E-state index in [-0.39, 0.29) is 0 Å². The standard InChI is InChI=1S/C15H27N3/c1-13-6-5-7-15(14(13)2)17-8-3-4-10-18-11-9-16-12-18/h9,11-15,17H,3-8,10H2,1-2H3. The maximum absolute atomic E-state index is 4.06. The lowest BCUT2D eigenvalue weighted by atomic mass is 9.78. The molecule has 0 radical (unpaired) electrons. The summed E-state index contributed by atoms with van der Waals surface area (Å²) in [5.74, 6) is 1.73. The van der Waals surface area contributed by atoms with Crippen molar-refractivity contribution in [2.75, 3.05) is 6.54 Å². The maximum atomic E-state index is 4.06. The topological polar surface area (TPSA) is 29.9 Å². The quantitative estimate of drug-likeness (QED) is 0.785. The Morgan fingerprint density at radius 2 is 2.17 bits per heavy atom. The average Bonchev–Trinajstić information content (AvgIpc) is 2.87. The van der Waals surface area contributed by atoms with Crippen molar-refractivity contribution in [2.45, 2.75) is 58.5 Å². The fourth-order valence-electron chi connectivity index (χ4n) is 3.00. The van der Waals surface area contributed by atoms with E-state index in [1.54, 1.807) is 0 Å². The van der Waals surface area contributed by atoms with E-state index in [4.69, 9.17) is 0 Å². The zero-order chi connectivity index (χ0) is 12.8. The number of nitrogens with zero attached hydrogens (tertiary/aromatic N) is 2. The molecule has 3 heteroatoms. The Balaban J connectivity index is 1.57. The molecule has 3 nitrogen and oxygen atoms in total. The van der Waals surface area contributed by atoms with Crippen LogP contribution in [-0.2, 0) is 6.54 Å². The zero-order valence-corrected chi connectivity index (χ0v) is 11.8. The summed E-state index contributed by atoms with van der Waals surface area (Å²) in [4.78, 5) is 4.06. The summed E-state index contributed by atoms with van der Waals surface area (Å²) in [6.45, 7) is 7.07. The molecule has 0 saturated heterocycles. The van der Waals surface area contributed by atoms with Gasteiger partial charge in [-0.1, -0.05) is 26.7 Å². The fourth-order valence-corrected chi connectivity index (χ4v) is 3.00. The normalized spacial score (nSPS) is 28.4. The van der Waals surface area contributed by atoms with Crippen LogP contribution in [0.2, 0.25) is 0 Å². The van der Waals surface area contributed by atoms with Crippen molar-refractivity contribution in [3.05, 3.63) is 18.7 Å². The molecule has 0 spiro atoms. The fraction of sp³-hybridized carbons (Fsp3) is 0.800. The molecule has 0 aromatic carbocycles. The molecule has 1 aliphatic rings. The number of nitrogens with one attached hydrogen (secondary N) is 1. The SMILES string of the molecule is CC1CCCC(NCCCCn2ccnc2)C1C. The van der Waals surface area contributed by atoms with Gasteiger partial charge in [0.1, 0.15) is 0 Å². The van der Waals surface area contributed by atoms with Crippen molar-refractivity contribution < 1.29 is 0 Å². The van der Waals surface area contributed by atoms with Gasteiger partial charge < -0.3 is 9.88 Å². The second kappa shape index (κ2) is 6.93. The van der Waals surface area contributed by atoms with E-state index in [0.717, 1.165) is 31.0 Å². The summed E-state index contributed by atoms with van der Waals surface area (Å²) in [6, 6.07) is 0.752. The second-order valence-corrected chi connectivity index (χ2v) is 5.84. The van der Waals surface area contributed by atoms with Gasteiger partial charge in [-0.2, -0.15) is 0 Å². The van der Waals surface area contributed by atoms with E-state index >= 15 is 0 Å². The molecule has 1 fully saturated rings. The van der Waals surface area contributed by atoms with Crippen LogP contribution in [-0.4, -0.2) is 22.1 Å². The summed E-state index contributed by atoms with van der Waals surface area (Å²) in [6.07, 6.45) is 12.5. The number of hydrogen-bond acceptors (Lipinski definition) is 2. The number of unbranched alkanes of at least 4 members (excludes halogenated alkanes) is 1. The first-order chi connectivity index (χ1) is 8.77. The van der Waals surface area contributed by atoms with Crippen LogP contribution in [0, 0.1) is 11.8 Å². The van der Waals surface area contributed by atoms with Gasteiger partial charge >= 0.3 is 0 Å². The van der Waals surface area contributed by atoms with Gasteiger partial charge in [-0.3, -0.25) is 0 Å². The molecule has 3 atom stereocenters. The minimum Gasteiger partial charge on any atom is -0.337 e. The van der Waals surface area contributed by atoms with E-state index < -0.39 is 0 Å². The lowest BCUT2D eigenvalue weighted by molar-refractivity contribution is 0.206. The van der Waals surface area contributed by atoms with Crippen LogP contribution >= 0.6 is 0 Å². The van der Waals surface area contributed by atoms with E-state index in [1.165, 1.54) is 32.1 Å². The first-order valence-electron chi connectivity index (χ1n) is 7.46. The van der Waals surface area contributed by atoms with Gasteiger partial charge in [-0.05, 0) is 37.6 Å². The molecule has 18 heavy (non-hydrogen) atoms. The monoisotopic (exact) mass is 249 g/mol. The minimum absolute atomic E-state index is 0.752. The van der Waals surface area contributed by atoms with Crippen LogP contribution in [0.15, 0.2) is 18.7 Å². The Bertz CT molecular complexity index is 320. The Morgan fingerprint density at radius 1 is 1.28 bits per heavy atom. The molecule has 0 bridgehead atoms. The van der Waals surface area contributed by atoms with Crippen molar-refractivity contribution >= 4 is 0 Å². The van der Waals surface area contributed by atoms with Gasteiger partial charge in [-0.15, -0.1) is 0 Å². The second-order valence-electron chi connectivity index (χ2n) is 5.84. The average molecular weight is 249 g/mol. The first kappa shape index (κ1) is 13.6. The summed E-state index contributed by atoms with van der Waals surface area (Å²) < 4.78 is 2.16. The predicted octanol–water partition coefficient (Wildman–Crippen LogP) is 3.08. The number of aryl methyl sites for hydroxylation is 1. The van der Waals surface area contributed by atoms with Gasteiger partial charge in [0.05, 0.1) is 6.33 Å². The van der Waals surface area contributed by atoms with Crippen LogP contribution < -0.4 is 5.32 Å². The van der Waals surface area contributed by atoms with Crippen molar-refractivity contribution in [3.8, 4) is 0 Å². The molecule has 0 amide bonds. The number of aromatic nitrogens is 2. The Morgan fingerprint density at radius 3 is 2.94 bits per heavy atom. The third-order valence-corrected chi connectivity index (χ3v) is 4.52. The largest absolute Gasteiger partial charge is 0.337 e. The molecule has 3 unspecified atom stereocenters. The lowest BCUT2D eigenvalue weighted by Gasteiger charge is -2.34. The lowest BCUT2D eigenvalue weighted by Crippen LogP contribution is -2.41. The Hall–Kier alpha value is -0.830. The predicted molar refractivity (Wildman–Crippen MR) is 75.4 cm³/mol. The molecule has 1 N–H and O–H groups in total. The Kier molecular flexibility index (Phi) is 5.24. The van der Waals surface area contributed by atoms with E-state index in [1.807, 2.05) is 18.7 Å². The van der Waals surface area contributed by atoms with Crippen LogP contribution in [0.25, 0.3) is 0 Å². The van der Waals surface area contributed by atoms with Gasteiger partial charge in [0.25, 0.3) is 0 Å². The summed E-state index contributed by atoms with van der Waals surface area (Å²) in [5.41, 5.74) is 0. The minimum atomic E-state index is 0.752. The highest BCUT2D eigenvalue weighted by atomic mass is 15.0. The molecule has 1 aliphatic carbocycles. The smallest absolute Gasteiger partial charge is 0.0945 e. The van der Waals surface area contributed by atoms with Gasteiger partial charge in [0, 0.05) is 25.0 Å². The summed E-state index contributed by atoms with van der Waals surface area (Å²) in [7, 11) is 0. The Labute approximate surface area is 111 Å². The van der Waals surface area contributed by atoms with Crippen LogP contribution in [0.1, 0.15) is 46.0 Å². The maximum Gasteiger partial charge on any atom is 0.0945 e. The number of rotatable bonds is 6. The third kappa shape index (κ3) is 3.84. The highest BCUT2D eigenvalue weighted by Crippen LogP contribution is 2.29. The van der Waals surface area contributed by atoms with Gasteiger partial charge in [0.15, 0.2) is 0 Å². The van der Waals surface area contributed by atoms with E-state index in [9.17, 15) is 0 Å². The molecule has 1 aromatic rings. The van der Waals surface area contributed by atoms with Crippen molar-refractivity contribution in [1.29, 1.82) is 0 Å². The molecule has 1 aromatic heterocycles. The van der Waals surface area contributed by atoms with Crippen LogP contribution in [0.5, 0.6) is 0 Å². The first-order valence-corrected chi connectivity index (χ1v) is 7.46. The molecule has 1 heterocycles.